The summed E-state index contributed by atoms with van der Waals surface area (Å²) < 4.78 is 1.63. The van der Waals surface area contributed by atoms with Crippen LogP contribution in [0.4, 0.5) is 5.69 Å². The van der Waals surface area contributed by atoms with E-state index in [9.17, 15) is 14.9 Å². The van der Waals surface area contributed by atoms with Crippen LogP contribution in [-0.4, -0.2) is 21.5 Å². The number of ketones is 1. The third kappa shape index (κ3) is 4.44. The SMILES string of the molecule is N#CC(C(=O)Nc1ccccc1)C(=O)c1nn(-c2cccc(Cl)c2)c2c1CSc1ccc(Cl)cc1-2. The number of amides is 1. The van der Waals surface area contributed by atoms with Crippen molar-refractivity contribution < 1.29 is 9.59 Å². The number of Topliss-reactive ketones (excluding diaryl/α,β-unsaturated/α-hetero) is 1. The number of nitrogens with zero attached hydrogens (tertiary/aromatic N) is 3. The molecule has 1 N–H and O–H groups in total. The van der Waals surface area contributed by atoms with Crippen molar-refractivity contribution in [3.05, 3.63) is 94.1 Å². The van der Waals surface area contributed by atoms with Gasteiger partial charge in [-0.3, -0.25) is 9.59 Å². The lowest BCUT2D eigenvalue weighted by molar-refractivity contribution is -0.117. The average Bonchev–Trinajstić information content (AvgIpc) is 3.25. The Hall–Kier alpha value is -3.57. The average molecular weight is 519 g/mol. The summed E-state index contributed by atoms with van der Waals surface area (Å²) in [6.45, 7) is 0. The zero-order valence-electron chi connectivity index (χ0n) is 18.0. The highest BCUT2D eigenvalue weighted by Crippen LogP contribution is 2.45. The highest BCUT2D eigenvalue weighted by Gasteiger charge is 2.35. The lowest BCUT2D eigenvalue weighted by Crippen LogP contribution is -2.29. The number of carbonyl (C=O) groups excluding carboxylic acids is 2. The minimum absolute atomic E-state index is 0.0767. The van der Waals surface area contributed by atoms with Crippen molar-refractivity contribution in [3.63, 3.8) is 0 Å². The molecule has 0 spiro atoms. The van der Waals surface area contributed by atoms with E-state index in [1.54, 1.807) is 53.2 Å². The molecular weight excluding hydrogens is 503 g/mol. The van der Waals surface area contributed by atoms with Crippen molar-refractivity contribution in [2.75, 3.05) is 5.32 Å². The van der Waals surface area contributed by atoms with Crippen molar-refractivity contribution in [2.24, 2.45) is 5.92 Å². The number of fused-ring (bicyclic) bond motifs is 3. The molecule has 1 unspecified atom stereocenters. The topological polar surface area (TPSA) is 87.8 Å². The fraction of sp³-hybridized carbons (Fsp3) is 0.0769. The van der Waals surface area contributed by atoms with Crippen LogP contribution in [0.25, 0.3) is 16.9 Å². The highest BCUT2D eigenvalue weighted by molar-refractivity contribution is 7.98. The second kappa shape index (κ2) is 9.59. The van der Waals surface area contributed by atoms with Gasteiger partial charge >= 0.3 is 0 Å². The maximum atomic E-state index is 13.5. The largest absolute Gasteiger partial charge is 0.325 e. The van der Waals surface area contributed by atoms with E-state index in [0.29, 0.717) is 38.4 Å². The Morgan fingerprint density at radius 2 is 1.80 bits per heavy atom. The first-order valence-corrected chi connectivity index (χ1v) is 12.3. The van der Waals surface area contributed by atoms with Crippen LogP contribution in [0.3, 0.4) is 0 Å². The predicted octanol–water partition coefficient (Wildman–Crippen LogP) is 6.41. The molecule has 1 aliphatic rings. The number of anilines is 1. The number of para-hydroxylation sites is 1. The monoisotopic (exact) mass is 518 g/mol. The van der Waals surface area contributed by atoms with Crippen LogP contribution in [0.15, 0.2) is 77.7 Å². The normalized spacial score (nSPS) is 12.7. The van der Waals surface area contributed by atoms with E-state index < -0.39 is 17.6 Å². The molecule has 172 valence electrons. The summed E-state index contributed by atoms with van der Waals surface area (Å²) in [6, 6.07) is 23.2. The fourth-order valence-electron chi connectivity index (χ4n) is 3.93. The molecule has 3 aromatic carbocycles. The molecule has 0 fully saturated rings. The van der Waals surface area contributed by atoms with E-state index in [1.165, 1.54) is 11.8 Å². The van der Waals surface area contributed by atoms with Gasteiger partial charge in [0.25, 0.3) is 0 Å². The van der Waals surface area contributed by atoms with E-state index in [1.807, 2.05) is 30.3 Å². The molecule has 0 saturated carbocycles. The standard InChI is InChI=1S/C26H16Cl2N4O2S/c27-15-5-4-8-18(11-15)32-24-19-12-16(28)9-10-22(19)35-14-21(24)23(31-32)25(33)20(13-29)26(34)30-17-6-2-1-3-7-17/h1-12,20H,14H2,(H,30,34). The first-order chi connectivity index (χ1) is 17.0. The predicted molar refractivity (Wildman–Crippen MR) is 137 cm³/mol. The number of carbonyl (C=O) groups is 2. The number of nitriles is 1. The quantitative estimate of drug-likeness (QED) is 0.243. The number of thioether (sulfide) groups is 1. The van der Waals surface area contributed by atoms with Gasteiger partial charge in [-0.15, -0.1) is 11.8 Å². The lowest BCUT2D eigenvalue weighted by Gasteiger charge is -2.19. The molecule has 35 heavy (non-hydrogen) atoms. The van der Waals surface area contributed by atoms with E-state index in [0.717, 1.165) is 10.5 Å². The Labute approximate surface area is 215 Å². The first kappa shape index (κ1) is 23.2. The molecule has 0 bridgehead atoms. The van der Waals surface area contributed by atoms with Crippen LogP contribution >= 0.6 is 35.0 Å². The maximum Gasteiger partial charge on any atom is 0.249 e. The van der Waals surface area contributed by atoms with Gasteiger partial charge in [-0.05, 0) is 48.5 Å². The van der Waals surface area contributed by atoms with Crippen LogP contribution in [0.1, 0.15) is 16.1 Å². The van der Waals surface area contributed by atoms with Gasteiger partial charge in [0, 0.05) is 37.5 Å². The molecule has 4 aromatic rings. The number of halogens is 2. The summed E-state index contributed by atoms with van der Waals surface area (Å²) in [5.74, 6) is -2.48. The molecule has 1 amide bonds. The Morgan fingerprint density at radius 3 is 2.54 bits per heavy atom. The van der Waals surface area contributed by atoms with Gasteiger partial charge in [0.1, 0.15) is 5.69 Å². The number of aromatic nitrogens is 2. The van der Waals surface area contributed by atoms with Crippen LogP contribution < -0.4 is 5.32 Å². The molecule has 1 atom stereocenters. The van der Waals surface area contributed by atoms with E-state index >= 15 is 0 Å². The second-order valence-electron chi connectivity index (χ2n) is 7.78. The summed E-state index contributed by atoms with van der Waals surface area (Å²) in [6.07, 6.45) is 0. The van der Waals surface area contributed by atoms with E-state index in [2.05, 4.69) is 10.4 Å². The minimum Gasteiger partial charge on any atom is -0.325 e. The van der Waals surface area contributed by atoms with Crippen molar-refractivity contribution in [1.29, 1.82) is 5.26 Å². The molecule has 5 rings (SSSR count). The number of hydrogen-bond acceptors (Lipinski definition) is 5. The van der Waals surface area contributed by atoms with E-state index in [4.69, 9.17) is 23.2 Å². The Bertz CT molecular complexity index is 1510. The maximum absolute atomic E-state index is 13.5. The van der Waals surface area contributed by atoms with Crippen LogP contribution in [0, 0.1) is 17.2 Å². The molecule has 9 heteroatoms. The summed E-state index contributed by atoms with van der Waals surface area (Å²) in [5, 5.41) is 18.1. The lowest BCUT2D eigenvalue weighted by atomic mass is 9.97. The third-order valence-electron chi connectivity index (χ3n) is 5.53. The number of benzene rings is 3. The number of nitrogens with one attached hydrogen (secondary N) is 1. The molecule has 6 nitrogen and oxygen atoms in total. The molecule has 1 aliphatic heterocycles. The second-order valence-corrected chi connectivity index (χ2v) is 9.67. The number of rotatable bonds is 5. The van der Waals surface area contributed by atoms with Gasteiger partial charge in [-0.2, -0.15) is 10.4 Å². The van der Waals surface area contributed by atoms with E-state index in [-0.39, 0.29) is 5.69 Å². The molecule has 2 heterocycles. The molecular formula is C26H16Cl2N4O2S. The molecule has 0 radical (unpaired) electrons. The fourth-order valence-corrected chi connectivity index (χ4v) is 5.33. The zero-order valence-corrected chi connectivity index (χ0v) is 20.4. The van der Waals surface area contributed by atoms with Crippen LogP contribution in [0.2, 0.25) is 10.0 Å². The smallest absolute Gasteiger partial charge is 0.249 e. The van der Waals surface area contributed by atoms with Crippen molar-refractivity contribution >= 4 is 52.3 Å². The summed E-state index contributed by atoms with van der Waals surface area (Å²) in [4.78, 5) is 27.4. The van der Waals surface area contributed by atoms with Gasteiger partial charge in [0.05, 0.1) is 17.5 Å². The van der Waals surface area contributed by atoms with Gasteiger partial charge < -0.3 is 5.32 Å². The highest BCUT2D eigenvalue weighted by atomic mass is 35.5. The molecule has 0 aliphatic carbocycles. The van der Waals surface area contributed by atoms with Gasteiger partial charge in [-0.1, -0.05) is 47.5 Å². The molecule has 1 aromatic heterocycles. The summed E-state index contributed by atoms with van der Waals surface area (Å²) in [5.41, 5.74) is 3.36. The van der Waals surface area contributed by atoms with Gasteiger partial charge in [0.15, 0.2) is 5.92 Å². The number of hydrogen-bond donors (Lipinski definition) is 1. The van der Waals surface area contributed by atoms with Crippen LogP contribution in [0.5, 0.6) is 0 Å². The van der Waals surface area contributed by atoms with Crippen LogP contribution in [-0.2, 0) is 10.5 Å². The Kier molecular flexibility index (Phi) is 6.35. The summed E-state index contributed by atoms with van der Waals surface area (Å²) in [7, 11) is 0. The van der Waals surface area contributed by atoms with Crippen molar-refractivity contribution in [2.45, 2.75) is 10.6 Å². The summed E-state index contributed by atoms with van der Waals surface area (Å²) >= 11 is 14.1. The zero-order chi connectivity index (χ0) is 24.5. The van der Waals surface area contributed by atoms with Gasteiger partial charge in [-0.25, -0.2) is 4.68 Å². The third-order valence-corrected chi connectivity index (χ3v) is 7.10. The Balaban J connectivity index is 1.62. The first-order valence-electron chi connectivity index (χ1n) is 10.6. The minimum atomic E-state index is -1.56. The Morgan fingerprint density at radius 1 is 1.03 bits per heavy atom. The van der Waals surface area contributed by atoms with Gasteiger partial charge in [0.2, 0.25) is 11.7 Å². The van der Waals surface area contributed by atoms with Crippen molar-refractivity contribution in [1.82, 2.24) is 9.78 Å². The van der Waals surface area contributed by atoms with Crippen molar-refractivity contribution in [3.8, 4) is 23.0 Å². The molecule has 0 saturated heterocycles.